The third-order valence-corrected chi connectivity index (χ3v) is 4.31. The summed E-state index contributed by atoms with van der Waals surface area (Å²) in [5, 5.41) is 0. The van der Waals surface area contributed by atoms with Crippen LogP contribution in [0.3, 0.4) is 0 Å². The third-order valence-electron chi connectivity index (χ3n) is 4.31. The van der Waals surface area contributed by atoms with Gasteiger partial charge in [-0.15, -0.1) is 0 Å². The van der Waals surface area contributed by atoms with Crippen LogP contribution in [-0.4, -0.2) is 45.5 Å². The molecule has 5 nitrogen and oxygen atoms in total. The van der Waals surface area contributed by atoms with E-state index in [4.69, 9.17) is 4.74 Å². The van der Waals surface area contributed by atoms with Gasteiger partial charge in [-0.25, -0.2) is 0 Å². The highest BCUT2D eigenvalue weighted by molar-refractivity contribution is 6.52. The average molecular weight is 288 g/mol. The summed E-state index contributed by atoms with van der Waals surface area (Å²) in [6, 6.07) is 5.58. The second-order valence-electron chi connectivity index (χ2n) is 5.86. The molecule has 1 aromatic carbocycles. The fraction of sp³-hybridized carbons (Fsp3) is 0.500. The molecule has 0 aromatic heterocycles. The van der Waals surface area contributed by atoms with Gasteiger partial charge < -0.3 is 14.5 Å². The zero-order valence-electron chi connectivity index (χ0n) is 12.5. The molecule has 1 saturated heterocycles. The summed E-state index contributed by atoms with van der Waals surface area (Å²) >= 11 is 0. The molecule has 112 valence electrons. The Morgan fingerprint density at radius 1 is 1.38 bits per heavy atom. The van der Waals surface area contributed by atoms with Gasteiger partial charge in [-0.3, -0.25) is 9.59 Å². The second kappa shape index (κ2) is 5.48. The van der Waals surface area contributed by atoms with Gasteiger partial charge in [0, 0.05) is 32.9 Å². The molecule has 0 radical (unpaired) electrons. The van der Waals surface area contributed by atoms with Crippen LogP contribution in [0.2, 0.25) is 0 Å². The van der Waals surface area contributed by atoms with Crippen molar-refractivity contribution in [1.29, 1.82) is 0 Å². The van der Waals surface area contributed by atoms with Crippen LogP contribution in [0.4, 0.5) is 11.4 Å². The van der Waals surface area contributed by atoms with Gasteiger partial charge in [0.05, 0.1) is 17.9 Å². The van der Waals surface area contributed by atoms with E-state index in [0.717, 1.165) is 31.9 Å². The lowest BCUT2D eigenvalue weighted by Gasteiger charge is -2.28. The normalized spacial score (nSPS) is 21.6. The first-order valence-electron chi connectivity index (χ1n) is 7.33. The number of ketones is 1. The standard InChI is InChI=1S/C16H20N2O3/c1-17(9-11-4-3-7-21-10-11)12-5-6-13-14(8-12)18(2)16(20)15(13)19/h5-6,8,11H,3-4,7,9-10H2,1-2H3. The lowest BCUT2D eigenvalue weighted by atomic mass is 10.0. The van der Waals surface area contributed by atoms with Crippen LogP contribution in [0.15, 0.2) is 18.2 Å². The first kappa shape index (κ1) is 14.1. The minimum Gasteiger partial charge on any atom is -0.381 e. The van der Waals surface area contributed by atoms with Crippen LogP contribution >= 0.6 is 0 Å². The van der Waals surface area contributed by atoms with Gasteiger partial charge >= 0.3 is 0 Å². The number of ether oxygens (including phenoxy) is 1. The highest BCUT2D eigenvalue weighted by Crippen LogP contribution is 2.32. The highest BCUT2D eigenvalue weighted by Gasteiger charge is 2.33. The van der Waals surface area contributed by atoms with E-state index in [-0.39, 0.29) is 0 Å². The number of hydrogen-bond donors (Lipinski definition) is 0. The quantitative estimate of drug-likeness (QED) is 0.795. The van der Waals surface area contributed by atoms with Gasteiger partial charge in [0.2, 0.25) is 0 Å². The lowest BCUT2D eigenvalue weighted by Crippen LogP contribution is -2.31. The SMILES string of the molecule is CN(CC1CCCOC1)c1ccc2c(c1)N(C)C(=O)C2=O. The fourth-order valence-corrected chi connectivity index (χ4v) is 3.05. The van der Waals surface area contributed by atoms with Crippen LogP contribution in [0.1, 0.15) is 23.2 Å². The van der Waals surface area contributed by atoms with Crippen molar-refractivity contribution in [3.8, 4) is 0 Å². The summed E-state index contributed by atoms with van der Waals surface area (Å²) in [6.07, 6.45) is 2.31. The Labute approximate surface area is 124 Å². The molecule has 0 spiro atoms. The van der Waals surface area contributed by atoms with Gasteiger partial charge in [0.1, 0.15) is 0 Å². The lowest BCUT2D eigenvalue weighted by molar-refractivity contribution is -0.114. The number of carbonyl (C=O) groups excluding carboxylic acids is 2. The molecule has 0 aliphatic carbocycles. The fourth-order valence-electron chi connectivity index (χ4n) is 3.05. The van der Waals surface area contributed by atoms with Crippen LogP contribution < -0.4 is 9.80 Å². The van der Waals surface area contributed by atoms with Crippen molar-refractivity contribution in [3.63, 3.8) is 0 Å². The molecular weight excluding hydrogens is 268 g/mol. The van der Waals surface area contributed by atoms with Crippen molar-refractivity contribution in [2.75, 3.05) is 43.7 Å². The van der Waals surface area contributed by atoms with Crippen LogP contribution in [-0.2, 0) is 9.53 Å². The first-order valence-corrected chi connectivity index (χ1v) is 7.33. The minimum atomic E-state index is -0.453. The maximum atomic E-state index is 11.8. The Balaban J connectivity index is 1.77. The number of Topliss-reactive ketones (excluding diaryl/α,β-unsaturated/α-hetero) is 1. The third kappa shape index (κ3) is 2.53. The van der Waals surface area contributed by atoms with E-state index in [1.165, 1.54) is 11.3 Å². The van der Waals surface area contributed by atoms with Crippen molar-refractivity contribution >= 4 is 23.1 Å². The Morgan fingerprint density at radius 2 is 2.19 bits per heavy atom. The summed E-state index contributed by atoms with van der Waals surface area (Å²) < 4.78 is 5.51. The summed E-state index contributed by atoms with van der Waals surface area (Å²) in [6.45, 7) is 2.60. The number of nitrogens with zero attached hydrogens (tertiary/aromatic N) is 2. The molecule has 2 heterocycles. The summed E-state index contributed by atoms with van der Waals surface area (Å²) in [4.78, 5) is 27.1. The number of hydrogen-bond acceptors (Lipinski definition) is 4. The largest absolute Gasteiger partial charge is 0.381 e. The number of amides is 1. The van der Waals surface area contributed by atoms with E-state index in [9.17, 15) is 9.59 Å². The molecule has 3 rings (SSSR count). The monoisotopic (exact) mass is 288 g/mol. The molecular formula is C16H20N2O3. The molecule has 0 bridgehead atoms. The zero-order valence-corrected chi connectivity index (χ0v) is 12.5. The molecule has 1 aromatic rings. The Kier molecular flexibility index (Phi) is 3.68. The van der Waals surface area contributed by atoms with E-state index >= 15 is 0 Å². The highest BCUT2D eigenvalue weighted by atomic mass is 16.5. The molecule has 5 heteroatoms. The van der Waals surface area contributed by atoms with E-state index < -0.39 is 11.7 Å². The smallest absolute Gasteiger partial charge is 0.299 e. The number of likely N-dealkylation sites (N-methyl/N-ethyl adjacent to an activating group) is 1. The maximum absolute atomic E-state index is 11.8. The molecule has 21 heavy (non-hydrogen) atoms. The number of anilines is 2. The molecule has 0 saturated carbocycles. The van der Waals surface area contributed by atoms with E-state index in [2.05, 4.69) is 4.90 Å². The number of rotatable bonds is 3. The number of fused-ring (bicyclic) bond motifs is 1. The molecule has 0 N–H and O–H groups in total. The number of benzene rings is 1. The van der Waals surface area contributed by atoms with Crippen molar-refractivity contribution in [2.24, 2.45) is 5.92 Å². The van der Waals surface area contributed by atoms with Crippen molar-refractivity contribution in [2.45, 2.75) is 12.8 Å². The topological polar surface area (TPSA) is 49.9 Å². The number of carbonyl (C=O) groups is 2. The van der Waals surface area contributed by atoms with E-state index in [0.29, 0.717) is 17.2 Å². The zero-order chi connectivity index (χ0) is 15.0. The average Bonchev–Trinajstić information content (AvgIpc) is 2.73. The van der Waals surface area contributed by atoms with Gasteiger partial charge in [0.25, 0.3) is 11.7 Å². The molecule has 2 aliphatic rings. The van der Waals surface area contributed by atoms with Crippen LogP contribution in [0.25, 0.3) is 0 Å². The Hall–Kier alpha value is -1.88. The van der Waals surface area contributed by atoms with E-state index in [1.54, 1.807) is 13.1 Å². The Morgan fingerprint density at radius 3 is 2.90 bits per heavy atom. The van der Waals surface area contributed by atoms with Gasteiger partial charge in [-0.2, -0.15) is 0 Å². The maximum Gasteiger partial charge on any atom is 0.299 e. The van der Waals surface area contributed by atoms with E-state index in [1.807, 2.05) is 19.2 Å². The molecule has 1 unspecified atom stereocenters. The molecule has 1 atom stereocenters. The van der Waals surface area contributed by atoms with Gasteiger partial charge in [-0.05, 0) is 37.0 Å². The van der Waals surface area contributed by atoms with Crippen molar-refractivity contribution in [1.82, 2.24) is 0 Å². The molecule has 2 aliphatic heterocycles. The predicted molar refractivity (Wildman–Crippen MR) is 81.0 cm³/mol. The summed E-state index contributed by atoms with van der Waals surface area (Å²) in [5.41, 5.74) is 2.23. The van der Waals surface area contributed by atoms with Gasteiger partial charge in [0.15, 0.2) is 0 Å². The van der Waals surface area contributed by atoms with Crippen molar-refractivity contribution in [3.05, 3.63) is 23.8 Å². The summed E-state index contributed by atoms with van der Waals surface area (Å²) in [5.74, 6) is -0.328. The predicted octanol–water partition coefficient (Wildman–Crippen LogP) is 1.71. The molecule has 1 amide bonds. The first-order chi connectivity index (χ1) is 10.1. The van der Waals surface area contributed by atoms with Crippen molar-refractivity contribution < 1.29 is 14.3 Å². The van der Waals surface area contributed by atoms with Gasteiger partial charge in [-0.1, -0.05) is 0 Å². The second-order valence-corrected chi connectivity index (χ2v) is 5.86. The molecule has 1 fully saturated rings. The van der Waals surface area contributed by atoms with Crippen LogP contribution in [0.5, 0.6) is 0 Å². The van der Waals surface area contributed by atoms with Crippen LogP contribution in [0, 0.1) is 5.92 Å². The Bertz CT molecular complexity index is 579. The minimum absolute atomic E-state index is 0.414. The summed E-state index contributed by atoms with van der Waals surface area (Å²) in [7, 11) is 3.68.